The summed E-state index contributed by atoms with van der Waals surface area (Å²) in [5.74, 6) is 1.70. The molecule has 3 rings (SSSR count). The molecule has 2 aromatic heterocycles. The van der Waals surface area contributed by atoms with Gasteiger partial charge in [-0.15, -0.1) is 0 Å². The van der Waals surface area contributed by atoms with Gasteiger partial charge in [0.25, 0.3) is 5.95 Å². The van der Waals surface area contributed by atoms with E-state index in [1.54, 1.807) is 0 Å². The Morgan fingerprint density at radius 1 is 1.33 bits per heavy atom. The minimum absolute atomic E-state index is 0.143. The first-order valence-electron chi connectivity index (χ1n) is 5.82. The molecule has 1 saturated carbocycles. The van der Waals surface area contributed by atoms with Crippen LogP contribution < -0.4 is 5.32 Å². The third-order valence-corrected chi connectivity index (χ3v) is 2.92. The Kier molecular flexibility index (Phi) is 3.06. The molecule has 1 aliphatic rings. The molecule has 1 fully saturated rings. The van der Waals surface area contributed by atoms with E-state index in [1.807, 2.05) is 0 Å². The molecule has 0 unspecified atom stereocenters. The lowest BCUT2D eigenvalue weighted by Crippen LogP contribution is -2.10. The van der Waals surface area contributed by atoms with E-state index in [0.717, 1.165) is 18.9 Å². The van der Waals surface area contributed by atoms with Gasteiger partial charge in [-0.05, 0) is 23.9 Å². The third-order valence-electron chi connectivity index (χ3n) is 2.75. The maximum Gasteiger partial charge on any atom is 0.258 e. The summed E-state index contributed by atoms with van der Waals surface area (Å²) in [7, 11) is 0. The normalized spacial score (nSPS) is 14.7. The molecule has 2 aromatic rings. The number of nitrogens with one attached hydrogen (secondary N) is 1. The van der Waals surface area contributed by atoms with E-state index in [4.69, 9.17) is 11.6 Å². The molecule has 0 amide bonds. The summed E-state index contributed by atoms with van der Waals surface area (Å²) in [6.07, 6.45) is 6.74. The molecule has 0 saturated heterocycles. The monoisotopic (exact) mass is 265 g/mol. The minimum atomic E-state index is 0.143. The Morgan fingerprint density at radius 2 is 2.22 bits per heavy atom. The van der Waals surface area contributed by atoms with Gasteiger partial charge in [-0.2, -0.15) is 24.7 Å². The highest BCUT2D eigenvalue weighted by Crippen LogP contribution is 2.31. The summed E-state index contributed by atoms with van der Waals surface area (Å²) < 4.78 is 1.44. The summed E-state index contributed by atoms with van der Waals surface area (Å²) in [5.41, 5.74) is 0. The van der Waals surface area contributed by atoms with Crippen LogP contribution in [0.25, 0.3) is 5.95 Å². The summed E-state index contributed by atoms with van der Waals surface area (Å²) >= 11 is 5.86. The van der Waals surface area contributed by atoms with Crippen LogP contribution >= 0.6 is 11.6 Å². The number of anilines is 1. The van der Waals surface area contributed by atoms with Crippen molar-refractivity contribution in [3.63, 3.8) is 0 Å². The Hall–Kier alpha value is -1.76. The highest BCUT2D eigenvalue weighted by Gasteiger charge is 2.20. The predicted octanol–water partition coefficient (Wildman–Crippen LogP) is 1.32. The predicted molar refractivity (Wildman–Crippen MR) is 65.6 cm³/mol. The number of hydrogen-bond acceptors (Lipinski definition) is 6. The Balaban J connectivity index is 1.72. The average Bonchev–Trinajstić information content (AvgIpc) is 3.01. The van der Waals surface area contributed by atoms with Crippen LogP contribution in [0.4, 0.5) is 5.95 Å². The minimum Gasteiger partial charge on any atom is -0.354 e. The van der Waals surface area contributed by atoms with Gasteiger partial charge < -0.3 is 5.32 Å². The zero-order chi connectivity index (χ0) is 12.4. The summed E-state index contributed by atoms with van der Waals surface area (Å²) in [4.78, 5) is 16.1. The maximum atomic E-state index is 5.86. The fourth-order valence-corrected chi connectivity index (χ4v) is 1.78. The van der Waals surface area contributed by atoms with Crippen molar-refractivity contribution in [1.29, 1.82) is 0 Å². The quantitative estimate of drug-likeness (QED) is 0.878. The molecule has 0 spiro atoms. The molecule has 1 aliphatic carbocycles. The van der Waals surface area contributed by atoms with E-state index in [-0.39, 0.29) is 5.28 Å². The molecule has 7 nitrogen and oxygen atoms in total. The van der Waals surface area contributed by atoms with Gasteiger partial charge in [0.2, 0.25) is 11.2 Å². The fourth-order valence-electron chi connectivity index (χ4n) is 1.63. The molecule has 0 radical (unpaired) electrons. The number of hydrogen-bond donors (Lipinski definition) is 1. The van der Waals surface area contributed by atoms with Crippen molar-refractivity contribution < 1.29 is 0 Å². The van der Waals surface area contributed by atoms with Crippen molar-refractivity contribution in [2.24, 2.45) is 5.92 Å². The molecular formula is C10H12ClN7. The van der Waals surface area contributed by atoms with Crippen LogP contribution in [0.3, 0.4) is 0 Å². The highest BCUT2D eigenvalue weighted by atomic mass is 35.5. The Bertz CT molecular complexity index is 523. The lowest BCUT2D eigenvalue weighted by molar-refractivity contribution is 0.748. The number of rotatable bonds is 5. The van der Waals surface area contributed by atoms with Gasteiger partial charge in [0, 0.05) is 6.54 Å². The first-order valence-corrected chi connectivity index (χ1v) is 6.19. The average molecular weight is 266 g/mol. The van der Waals surface area contributed by atoms with Crippen molar-refractivity contribution in [2.45, 2.75) is 19.3 Å². The van der Waals surface area contributed by atoms with E-state index in [1.165, 1.54) is 30.2 Å². The molecule has 0 bridgehead atoms. The van der Waals surface area contributed by atoms with Gasteiger partial charge in [-0.1, -0.05) is 12.8 Å². The molecule has 8 heteroatoms. The van der Waals surface area contributed by atoms with E-state index >= 15 is 0 Å². The van der Waals surface area contributed by atoms with Gasteiger partial charge in [0.1, 0.15) is 12.7 Å². The van der Waals surface area contributed by atoms with Crippen molar-refractivity contribution in [3.8, 4) is 5.95 Å². The van der Waals surface area contributed by atoms with Crippen molar-refractivity contribution in [3.05, 3.63) is 17.9 Å². The van der Waals surface area contributed by atoms with Crippen LogP contribution in [0.15, 0.2) is 12.7 Å². The first-order chi connectivity index (χ1) is 8.81. The molecule has 1 N–H and O–H groups in total. The smallest absolute Gasteiger partial charge is 0.258 e. The van der Waals surface area contributed by atoms with Crippen LogP contribution in [-0.2, 0) is 0 Å². The van der Waals surface area contributed by atoms with Crippen molar-refractivity contribution >= 4 is 17.5 Å². The van der Waals surface area contributed by atoms with Gasteiger partial charge in [-0.25, -0.2) is 4.98 Å². The van der Waals surface area contributed by atoms with E-state index in [9.17, 15) is 0 Å². The summed E-state index contributed by atoms with van der Waals surface area (Å²) in [6, 6.07) is 0. The fraction of sp³-hybridized carbons (Fsp3) is 0.500. The first kappa shape index (κ1) is 11.3. The molecule has 0 atom stereocenters. The van der Waals surface area contributed by atoms with Crippen molar-refractivity contribution in [2.75, 3.05) is 11.9 Å². The second kappa shape index (κ2) is 4.85. The molecule has 18 heavy (non-hydrogen) atoms. The molecular weight excluding hydrogens is 254 g/mol. The lowest BCUT2D eigenvalue weighted by Gasteiger charge is -2.05. The SMILES string of the molecule is Clc1nc(NCCC2CC2)nc(-n2cncn2)n1. The Morgan fingerprint density at radius 3 is 2.94 bits per heavy atom. The molecule has 94 valence electrons. The second-order valence-electron chi connectivity index (χ2n) is 4.23. The molecule has 2 heterocycles. The lowest BCUT2D eigenvalue weighted by atomic mass is 10.3. The largest absolute Gasteiger partial charge is 0.354 e. The van der Waals surface area contributed by atoms with Gasteiger partial charge in [0.05, 0.1) is 0 Å². The van der Waals surface area contributed by atoms with E-state index in [0.29, 0.717) is 11.9 Å². The van der Waals surface area contributed by atoms with E-state index < -0.39 is 0 Å². The molecule has 0 aromatic carbocycles. The summed E-state index contributed by atoms with van der Waals surface area (Å²) in [6.45, 7) is 0.849. The van der Waals surface area contributed by atoms with Crippen LogP contribution in [0, 0.1) is 5.92 Å². The van der Waals surface area contributed by atoms with Gasteiger partial charge in [-0.3, -0.25) is 0 Å². The Labute approximate surface area is 109 Å². The highest BCUT2D eigenvalue weighted by molar-refractivity contribution is 6.28. The number of halogens is 1. The summed E-state index contributed by atoms with van der Waals surface area (Å²) in [5, 5.41) is 7.25. The zero-order valence-electron chi connectivity index (χ0n) is 9.62. The topological polar surface area (TPSA) is 81.4 Å². The zero-order valence-corrected chi connectivity index (χ0v) is 10.4. The van der Waals surface area contributed by atoms with Crippen molar-refractivity contribution in [1.82, 2.24) is 29.7 Å². The number of aromatic nitrogens is 6. The van der Waals surface area contributed by atoms with E-state index in [2.05, 4.69) is 30.4 Å². The van der Waals surface area contributed by atoms with Crippen LogP contribution in [0.5, 0.6) is 0 Å². The second-order valence-corrected chi connectivity index (χ2v) is 4.56. The standard InChI is InChI=1S/C10H12ClN7/c11-8-15-9(13-4-3-7-1-2-7)17-10(16-8)18-6-12-5-14-18/h5-7H,1-4H2,(H,13,15,16,17). The van der Waals surface area contributed by atoms with Crippen LogP contribution in [0.1, 0.15) is 19.3 Å². The van der Waals surface area contributed by atoms with Gasteiger partial charge >= 0.3 is 0 Å². The maximum absolute atomic E-state index is 5.86. The molecule has 0 aliphatic heterocycles. The van der Waals surface area contributed by atoms with Crippen LogP contribution in [-0.4, -0.2) is 36.3 Å². The third kappa shape index (κ3) is 2.73. The van der Waals surface area contributed by atoms with Crippen LogP contribution in [0.2, 0.25) is 5.28 Å². The van der Waals surface area contributed by atoms with Gasteiger partial charge in [0.15, 0.2) is 0 Å². The number of nitrogens with zero attached hydrogens (tertiary/aromatic N) is 6.